The third-order valence-electron chi connectivity index (χ3n) is 7.22. The highest BCUT2D eigenvalue weighted by atomic mass is 16.5. The van der Waals surface area contributed by atoms with Crippen molar-refractivity contribution in [1.82, 2.24) is 15.5 Å². The molecule has 3 aromatic rings. The molecule has 0 spiro atoms. The molecule has 0 unspecified atom stereocenters. The topological polar surface area (TPSA) is 111 Å². The number of ether oxygens (including phenoxy) is 2. The maximum atomic E-state index is 11.4. The first-order valence-corrected chi connectivity index (χ1v) is 12.3. The van der Waals surface area contributed by atoms with Crippen LogP contribution < -0.4 is 14.8 Å². The molecule has 0 saturated heterocycles. The van der Waals surface area contributed by atoms with Gasteiger partial charge < -0.3 is 19.9 Å². The highest BCUT2D eigenvalue weighted by Crippen LogP contribution is 2.47. The van der Waals surface area contributed by atoms with Crippen LogP contribution in [0.2, 0.25) is 0 Å². The molecule has 36 heavy (non-hydrogen) atoms. The maximum absolute atomic E-state index is 11.4. The van der Waals surface area contributed by atoms with Crippen molar-refractivity contribution in [3.63, 3.8) is 0 Å². The summed E-state index contributed by atoms with van der Waals surface area (Å²) in [5, 5.41) is 19.2. The van der Waals surface area contributed by atoms with Gasteiger partial charge in [0, 0.05) is 37.3 Å². The Morgan fingerprint density at radius 3 is 2.03 bits per heavy atom. The number of benzene rings is 2. The Bertz CT molecular complexity index is 1210. The third-order valence-corrected chi connectivity index (χ3v) is 7.22. The molecule has 2 aliphatic rings. The summed E-state index contributed by atoms with van der Waals surface area (Å²) in [4.78, 5) is 22.1. The lowest BCUT2D eigenvalue weighted by Crippen LogP contribution is -2.48. The van der Waals surface area contributed by atoms with Crippen molar-refractivity contribution in [3.05, 3.63) is 77.5 Å². The minimum atomic E-state index is -0.985. The number of nitrogens with zero attached hydrogens (tertiary/aromatic N) is 2. The molecular formula is C28H29N3O5. The third kappa shape index (κ3) is 5.03. The molecule has 0 bridgehead atoms. The Kier molecular flexibility index (Phi) is 6.59. The summed E-state index contributed by atoms with van der Waals surface area (Å²) in [6.45, 7) is 1.45. The Hall–Kier alpha value is -3.94. The monoisotopic (exact) mass is 487 g/mol. The molecule has 186 valence electrons. The van der Waals surface area contributed by atoms with E-state index in [4.69, 9.17) is 14.6 Å². The van der Waals surface area contributed by atoms with Gasteiger partial charge in [0.15, 0.2) is 5.78 Å². The Labute approximate surface area is 209 Å². The molecule has 0 atom stereocenters. The number of carbonyl (C=O) groups is 2. The number of aromatic nitrogens is 2. The number of amides is 1. The van der Waals surface area contributed by atoms with Crippen LogP contribution in [0.3, 0.4) is 0 Å². The number of nitrogens with one attached hydrogen (secondary N) is 1. The van der Waals surface area contributed by atoms with Gasteiger partial charge in [-0.15, -0.1) is 10.2 Å². The average molecular weight is 488 g/mol. The Morgan fingerprint density at radius 2 is 1.50 bits per heavy atom. The number of hydrogen-bond acceptors (Lipinski definition) is 6. The molecule has 1 amide bonds. The molecule has 0 aliphatic heterocycles. The zero-order chi connectivity index (χ0) is 25.1. The van der Waals surface area contributed by atoms with E-state index in [1.807, 2.05) is 24.3 Å². The van der Waals surface area contributed by atoms with E-state index in [9.17, 15) is 9.59 Å². The second kappa shape index (κ2) is 9.97. The summed E-state index contributed by atoms with van der Waals surface area (Å²) in [6.07, 6.45) is 4.96. The standard InChI is InChI=1S/C28H29N3O5/c1-18(32)25-12-13-26(31-30-25)36-23-10-6-20(7-11-23)28(14-2-3-15-28)19-4-8-22(9-5-19)35-24-16-21(17-24)29-27(33)34/h4-13,21,24,29H,2-3,14-17H2,1H3,(H,33,34). The predicted molar refractivity (Wildman–Crippen MR) is 133 cm³/mol. The van der Waals surface area contributed by atoms with Gasteiger partial charge in [0.1, 0.15) is 23.3 Å². The second-order valence-electron chi connectivity index (χ2n) is 9.61. The predicted octanol–water partition coefficient (Wildman–Crippen LogP) is 5.51. The largest absolute Gasteiger partial charge is 0.490 e. The van der Waals surface area contributed by atoms with Gasteiger partial charge in [-0.05, 0) is 54.3 Å². The van der Waals surface area contributed by atoms with Crippen molar-refractivity contribution < 1.29 is 24.2 Å². The lowest BCUT2D eigenvalue weighted by atomic mass is 9.73. The van der Waals surface area contributed by atoms with E-state index in [0.29, 0.717) is 30.2 Å². The molecule has 2 aliphatic carbocycles. The molecule has 0 radical (unpaired) electrons. The van der Waals surface area contributed by atoms with Crippen molar-refractivity contribution >= 4 is 11.9 Å². The molecule has 2 fully saturated rings. The molecule has 2 saturated carbocycles. The fraction of sp³-hybridized carbons (Fsp3) is 0.357. The first kappa shape index (κ1) is 23.8. The van der Waals surface area contributed by atoms with Crippen molar-refractivity contribution in [2.75, 3.05) is 0 Å². The number of carbonyl (C=O) groups excluding carboxylic acids is 1. The van der Waals surface area contributed by atoms with Crippen molar-refractivity contribution in [3.8, 4) is 17.4 Å². The van der Waals surface area contributed by atoms with Gasteiger partial charge in [0.2, 0.25) is 5.88 Å². The number of carboxylic acid groups (broad SMARTS) is 1. The van der Waals surface area contributed by atoms with Gasteiger partial charge in [-0.3, -0.25) is 4.79 Å². The van der Waals surface area contributed by atoms with E-state index in [1.165, 1.54) is 30.9 Å². The summed E-state index contributed by atoms with van der Waals surface area (Å²) in [5.41, 5.74) is 2.78. The van der Waals surface area contributed by atoms with Gasteiger partial charge in [-0.1, -0.05) is 37.1 Å². The van der Waals surface area contributed by atoms with Crippen LogP contribution in [0.5, 0.6) is 17.4 Å². The molecule has 2 N–H and O–H groups in total. The Balaban J connectivity index is 1.26. The van der Waals surface area contributed by atoms with Crippen LogP contribution in [0, 0.1) is 0 Å². The van der Waals surface area contributed by atoms with Crippen LogP contribution in [-0.2, 0) is 5.41 Å². The number of rotatable bonds is 8. The SMILES string of the molecule is CC(=O)c1ccc(Oc2ccc(C3(c4ccc(OC5CC(NC(=O)O)C5)cc4)CCCC3)cc2)nn1. The lowest BCUT2D eigenvalue weighted by molar-refractivity contribution is 0.0833. The summed E-state index contributed by atoms with van der Waals surface area (Å²) < 4.78 is 11.9. The van der Waals surface area contributed by atoms with E-state index in [1.54, 1.807) is 12.1 Å². The second-order valence-corrected chi connectivity index (χ2v) is 9.61. The normalized spacial score (nSPS) is 20.2. The first-order valence-electron chi connectivity index (χ1n) is 12.3. The van der Waals surface area contributed by atoms with Crippen molar-refractivity contribution in [1.29, 1.82) is 0 Å². The summed E-state index contributed by atoms with van der Waals surface area (Å²) >= 11 is 0. The number of hydrogen-bond donors (Lipinski definition) is 2. The fourth-order valence-corrected chi connectivity index (χ4v) is 5.25. The van der Waals surface area contributed by atoms with Gasteiger partial charge in [-0.2, -0.15) is 0 Å². The van der Waals surface area contributed by atoms with Crippen LogP contribution >= 0.6 is 0 Å². The summed E-state index contributed by atoms with van der Waals surface area (Å²) in [6, 6.07) is 19.7. The minimum absolute atomic E-state index is 0.0209. The van der Waals surface area contributed by atoms with Crippen LogP contribution in [0.4, 0.5) is 4.79 Å². The smallest absolute Gasteiger partial charge is 0.404 e. The number of Topliss-reactive ketones (excluding diaryl/α,β-unsaturated/α-hetero) is 1. The highest BCUT2D eigenvalue weighted by Gasteiger charge is 2.37. The highest BCUT2D eigenvalue weighted by molar-refractivity contribution is 5.91. The molecule has 2 aromatic carbocycles. The van der Waals surface area contributed by atoms with Crippen LogP contribution in [0.15, 0.2) is 60.7 Å². The van der Waals surface area contributed by atoms with Gasteiger partial charge >= 0.3 is 6.09 Å². The van der Waals surface area contributed by atoms with Crippen molar-refractivity contribution in [2.45, 2.75) is 63.0 Å². The van der Waals surface area contributed by atoms with Gasteiger partial charge in [0.05, 0.1) is 0 Å². The van der Waals surface area contributed by atoms with E-state index in [-0.39, 0.29) is 23.3 Å². The minimum Gasteiger partial charge on any atom is -0.490 e. The average Bonchev–Trinajstić information content (AvgIpc) is 3.35. The molecular weight excluding hydrogens is 458 g/mol. The molecule has 8 nitrogen and oxygen atoms in total. The van der Waals surface area contributed by atoms with Gasteiger partial charge in [-0.25, -0.2) is 4.79 Å². The number of ketones is 1. The fourth-order valence-electron chi connectivity index (χ4n) is 5.25. The quantitative estimate of drug-likeness (QED) is 0.403. The van der Waals surface area contributed by atoms with E-state index >= 15 is 0 Å². The molecule has 1 heterocycles. The van der Waals surface area contributed by atoms with E-state index in [0.717, 1.165) is 18.6 Å². The van der Waals surface area contributed by atoms with Crippen LogP contribution in [0.25, 0.3) is 0 Å². The zero-order valence-electron chi connectivity index (χ0n) is 20.1. The lowest BCUT2D eigenvalue weighted by Gasteiger charge is -2.35. The summed E-state index contributed by atoms with van der Waals surface area (Å²) in [7, 11) is 0. The zero-order valence-corrected chi connectivity index (χ0v) is 20.1. The molecule has 5 rings (SSSR count). The first-order chi connectivity index (χ1) is 17.4. The van der Waals surface area contributed by atoms with Crippen LogP contribution in [-0.4, -0.2) is 39.3 Å². The maximum Gasteiger partial charge on any atom is 0.404 e. The van der Waals surface area contributed by atoms with Crippen molar-refractivity contribution in [2.24, 2.45) is 0 Å². The van der Waals surface area contributed by atoms with E-state index in [2.05, 4.69) is 39.8 Å². The molecule has 1 aromatic heterocycles. The van der Waals surface area contributed by atoms with Crippen LogP contribution in [0.1, 0.15) is 67.1 Å². The summed E-state index contributed by atoms with van der Waals surface area (Å²) in [5.74, 6) is 1.68. The Morgan fingerprint density at radius 1 is 0.889 bits per heavy atom. The van der Waals surface area contributed by atoms with Gasteiger partial charge in [0.25, 0.3) is 0 Å². The molecule has 8 heteroatoms. The van der Waals surface area contributed by atoms with E-state index < -0.39 is 6.09 Å².